The fourth-order valence-corrected chi connectivity index (χ4v) is 1.72. The summed E-state index contributed by atoms with van der Waals surface area (Å²) in [6.07, 6.45) is 1.94. The molecule has 4 heteroatoms. The largest absolute Gasteiger partial charge is 0.350 e. The van der Waals surface area contributed by atoms with Gasteiger partial charge in [0.2, 0.25) is 5.91 Å². The monoisotopic (exact) mass is 237 g/mol. The summed E-state index contributed by atoms with van der Waals surface area (Å²) in [5.41, 5.74) is 0.940. The lowest BCUT2D eigenvalue weighted by Crippen LogP contribution is -2.42. The number of hydrogen-bond donors (Lipinski definition) is 2. The van der Waals surface area contributed by atoms with Crippen LogP contribution in [0.1, 0.15) is 39.4 Å². The van der Waals surface area contributed by atoms with Gasteiger partial charge in [0.05, 0.1) is 0 Å². The van der Waals surface area contributed by atoms with Crippen molar-refractivity contribution in [1.29, 1.82) is 0 Å². The highest BCUT2D eigenvalue weighted by molar-refractivity contribution is 5.76. The van der Waals surface area contributed by atoms with Crippen molar-refractivity contribution in [2.24, 2.45) is 0 Å². The Balaban J connectivity index is 2.69. The molecule has 0 aliphatic rings. The van der Waals surface area contributed by atoms with Crippen molar-refractivity contribution < 1.29 is 4.79 Å². The highest BCUT2D eigenvalue weighted by Crippen LogP contribution is 2.12. The number of aromatic nitrogens is 1. The first-order chi connectivity index (χ1) is 7.83. The first-order valence-electron chi connectivity index (χ1n) is 5.97. The first-order valence-corrected chi connectivity index (χ1v) is 5.97. The second-order valence-corrected chi connectivity index (χ2v) is 5.37. The molecule has 0 saturated heterocycles. The van der Waals surface area contributed by atoms with Crippen molar-refractivity contribution >= 4 is 5.91 Å². The number of carbonyl (C=O) groups excluding carboxylic acids is 1. The van der Waals surface area contributed by atoms with E-state index < -0.39 is 0 Å². The predicted octanol–water partition coefficient (Wildman–Crippen LogP) is 1.68. The fraction of sp³-hybridized carbons (Fsp3) is 0.615. The van der Waals surface area contributed by atoms with Gasteiger partial charge in [0.15, 0.2) is 0 Å². The van der Waals surface area contributed by atoms with E-state index in [1.807, 2.05) is 50.7 Å². The molecule has 96 valence electrons. The number of carbonyl (C=O) groups is 1. The summed E-state index contributed by atoms with van der Waals surface area (Å²) in [5.74, 6) is 0.0400. The molecule has 0 bridgehead atoms. The zero-order chi connectivity index (χ0) is 13.1. The van der Waals surface area contributed by atoms with Crippen LogP contribution in [-0.4, -0.2) is 23.1 Å². The summed E-state index contributed by atoms with van der Waals surface area (Å²) in [7, 11) is 1.91. The van der Waals surface area contributed by atoms with Crippen LogP contribution >= 0.6 is 0 Å². The van der Waals surface area contributed by atoms with Crippen LogP contribution in [0.25, 0.3) is 0 Å². The number of nitrogens with zero attached hydrogens (tertiary/aromatic N) is 1. The van der Waals surface area contributed by atoms with Gasteiger partial charge < -0.3 is 15.2 Å². The van der Waals surface area contributed by atoms with Crippen LogP contribution in [0, 0.1) is 0 Å². The van der Waals surface area contributed by atoms with Crippen LogP contribution in [-0.2, 0) is 11.3 Å². The Hall–Kier alpha value is -1.29. The molecule has 1 unspecified atom stereocenters. The van der Waals surface area contributed by atoms with E-state index in [0.717, 1.165) is 5.69 Å². The standard InChI is InChI=1S/C13H23N3O/c1-10(14-5)11-7-6-8-16(11)9-12(17)15-13(2,3)4/h6-8,10,14H,9H2,1-5H3,(H,15,17). The molecule has 0 aromatic carbocycles. The molecule has 4 nitrogen and oxygen atoms in total. The van der Waals surface area contributed by atoms with Crippen LogP contribution in [0.3, 0.4) is 0 Å². The Morgan fingerprint density at radius 2 is 2.12 bits per heavy atom. The smallest absolute Gasteiger partial charge is 0.240 e. The maximum Gasteiger partial charge on any atom is 0.240 e. The Bertz CT molecular complexity index is 376. The predicted molar refractivity (Wildman–Crippen MR) is 69.8 cm³/mol. The number of amides is 1. The average molecular weight is 237 g/mol. The van der Waals surface area contributed by atoms with Gasteiger partial charge in [-0.05, 0) is 46.9 Å². The van der Waals surface area contributed by atoms with E-state index in [1.54, 1.807) is 0 Å². The van der Waals surface area contributed by atoms with Gasteiger partial charge in [-0.15, -0.1) is 0 Å². The van der Waals surface area contributed by atoms with Gasteiger partial charge in [-0.3, -0.25) is 4.79 Å². The van der Waals surface area contributed by atoms with Crippen molar-refractivity contribution in [1.82, 2.24) is 15.2 Å². The van der Waals surface area contributed by atoms with Gasteiger partial charge in [-0.25, -0.2) is 0 Å². The van der Waals surface area contributed by atoms with Gasteiger partial charge in [-0.2, -0.15) is 0 Å². The molecule has 1 amide bonds. The van der Waals surface area contributed by atoms with Crippen molar-refractivity contribution in [3.63, 3.8) is 0 Å². The third-order valence-electron chi connectivity index (χ3n) is 2.57. The molecule has 0 aliphatic heterocycles. The summed E-state index contributed by atoms with van der Waals surface area (Å²) in [6, 6.07) is 4.24. The van der Waals surface area contributed by atoms with E-state index in [1.165, 1.54) is 0 Å². The maximum absolute atomic E-state index is 11.8. The van der Waals surface area contributed by atoms with Crippen molar-refractivity contribution in [3.8, 4) is 0 Å². The van der Waals surface area contributed by atoms with Crippen LogP contribution in [0.2, 0.25) is 0 Å². The molecule has 1 atom stereocenters. The minimum Gasteiger partial charge on any atom is -0.350 e. The fourth-order valence-electron chi connectivity index (χ4n) is 1.72. The molecule has 1 rings (SSSR count). The highest BCUT2D eigenvalue weighted by Gasteiger charge is 2.15. The van der Waals surface area contributed by atoms with E-state index in [2.05, 4.69) is 17.6 Å². The second-order valence-electron chi connectivity index (χ2n) is 5.37. The van der Waals surface area contributed by atoms with Gasteiger partial charge in [0.25, 0.3) is 0 Å². The lowest BCUT2D eigenvalue weighted by molar-refractivity contribution is -0.123. The van der Waals surface area contributed by atoms with Crippen molar-refractivity contribution in [3.05, 3.63) is 24.0 Å². The zero-order valence-electron chi connectivity index (χ0n) is 11.4. The Kier molecular flexibility index (Phi) is 4.34. The highest BCUT2D eigenvalue weighted by atomic mass is 16.2. The van der Waals surface area contributed by atoms with Gasteiger partial charge >= 0.3 is 0 Å². The first kappa shape index (κ1) is 13.8. The quantitative estimate of drug-likeness (QED) is 0.837. The van der Waals surface area contributed by atoms with Gasteiger partial charge in [0, 0.05) is 23.5 Å². The third kappa shape index (κ3) is 4.23. The molecule has 17 heavy (non-hydrogen) atoms. The number of rotatable bonds is 4. The lowest BCUT2D eigenvalue weighted by Gasteiger charge is -2.22. The molecular weight excluding hydrogens is 214 g/mol. The number of nitrogens with one attached hydrogen (secondary N) is 2. The number of hydrogen-bond acceptors (Lipinski definition) is 2. The Labute approximate surface area is 103 Å². The molecule has 0 radical (unpaired) electrons. The molecule has 1 heterocycles. The van der Waals surface area contributed by atoms with E-state index in [0.29, 0.717) is 6.54 Å². The van der Waals surface area contributed by atoms with E-state index in [-0.39, 0.29) is 17.5 Å². The van der Waals surface area contributed by atoms with Gasteiger partial charge in [0.1, 0.15) is 6.54 Å². The maximum atomic E-state index is 11.8. The molecule has 1 aromatic rings. The van der Waals surface area contributed by atoms with Crippen molar-refractivity contribution in [2.45, 2.75) is 45.8 Å². The van der Waals surface area contributed by atoms with Crippen LogP contribution < -0.4 is 10.6 Å². The molecule has 0 saturated carbocycles. The average Bonchev–Trinajstić information content (AvgIpc) is 2.61. The van der Waals surface area contributed by atoms with E-state index >= 15 is 0 Å². The third-order valence-corrected chi connectivity index (χ3v) is 2.57. The molecule has 0 fully saturated rings. The SMILES string of the molecule is CNC(C)c1cccn1CC(=O)NC(C)(C)C. The molecule has 1 aromatic heterocycles. The van der Waals surface area contributed by atoms with Crippen LogP contribution in [0.4, 0.5) is 0 Å². The van der Waals surface area contributed by atoms with Crippen molar-refractivity contribution in [2.75, 3.05) is 7.05 Å². The molecular formula is C13H23N3O. The molecule has 0 spiro atoms. The van der Waals surface area contributed by atoms with E-state index in [9.17, 15) is 4.79 Å². The second kappa shape index (κ2) is 5.36. The minimum atomic E-state index is -0.182. The summed E-state index contributed by atoms with van der Waals surface area (Å²) >= 11 is 0. The summed E-state index contributed by atoms with van der Waals surface area (Å²) in [5, 5.41) is 6.14. The Morgan fingerprint density at radius 3 is 2.65 bits per heavy atom. The Morgan fingerprint density at radius 1 is 1.47 bits per heavy atom. The summed E-state index contributed by atoms with van der Waals surface area (Å²) in [4.78, 5) is 11.8. The van der Waals surface area contributed by atoms with E-state index in [4.69, 9.17) is 0 Å². The molecule has 2 N–H and O–H groups in total. The minimum absolute atomic E-state index is 0.0400. The van der Waals surface area contributed by atoms with Gasteiger partial charge in [-0.1, -0.05) is 0 Å². The normalized spacial score (nSPS) is 13.5. The lowest BCUT2D eigenvalue weighted by atomic mass is 10.1. The summed E-state index contributed by atoms with van der Waals surface area (Å²) in [6.45, 7) is 8.40. The topological polar surface area (TPSA) is 46.1 Å². The summed E-state index contributed by atoms with van der Waals surface area (Å²) < 4.78 is 1.97. The molecule has 0 aliphatic carbocycles. The van der Waals surface area contributed by atoms with Crippen LogP contribution in [0.15, 0.2) is 18.3 Å². The van der Waals surface area contributed by atoms with Crippen LogP contribution in [0.5, 0.6) is 0 Å². The zero-order valence-corrected chi connectivity index (χ0v) is 11.4.